The van der Waals surface area contributed by atoms with Crippen LogP contribution in [0.3, 0.4) is 0 Å². The number of rotatable bonds is 2. The summed E-state index contributed by atoms with van der Waals surface area (Å²) in [5, 5.41) is 10.6. The van der Waals surface area contributed by atoms with Crippen molar-refractivity contribution < 1.29 is 0 Å². The smallest absolute Gasteiger partial charge is 0.0448 e. The molecule has 0 bridgehead atoms. The number of benzene rings is 7. The predicted octanol–water partition coefficient (Wildman–Crippen LogP) is 12.1. The van der Waals surface area contributed by atoms with Gasteiger partial charge in [0.25, 0.3) is 0 Å². The van der Waals surface area contributed by atoms with Gasteiger partial charge < -0.3 is 0 Å². The van der Waals surface area contributed by atoms with Crippen molar-refractivity contribution in [3.05, 3.63) is 133 Å². The number of hydrogen-bond donors (Lipinski definition) is 0. The monoisotopic (exact) mass is 542 g/mol. The first-order chi connectivity index (χ1) is 19.9. The summed E-state index contributed by atoms with van der Waals surface area (Å²) in [5.41, 5.74) is 5.29. The van der Waals surface area contributed by atoms with Gasteiger partial charge in [0.15, 0.2) is 0 Å². The molecule has 0 radical (unpaired) electrons. The molecule has 0 amide bonds. The largest absolute Gasteiger partial charge is 0.134 e. The van der Waals surface area contributed by atoms with Gasteiger partial charge in [-0.1, -0.05) is 115 Å². The topological polar surface area (TPSA) is 0 Å². The molecule has 0 nitrogen and oxygen atoms in total. The van der Waals surface area contributed by atoms with Crippen molar-refractivity contribution in [1.29, 1.82) is 0 Å². The quantitative estimate of drug-likeness (QED) is 0.191. The molecule has 2 heteroatoms. The van der Waals surface area contributed by atoms with E-state index in [2.05, 4.69) is 133 Å². The molecule has 0 unspecified atom stereocenters. The fraction of sp³-hybridized carbons (Fsp3) is 0. The van der Waals surface area contributed by atoms with Crippen molar-refractivity contribution in [1.82, 2.24) is 0 Å². The van der Waals surface area contributed by atoms with E-state index in [1.807, 2.05) is 22.7 Å². The molecule has 2 aromatic heterocycles. The molecular formula is C38H22S2. The first-order valence-electron chi connectivity index (χ1n) is 13.6. The highest BCUT2D eigenvalue weighted by Crippen LogP contribution is 2.52. The van der Waals surface area contributed by atoms with Crippen molar-refractivity contribution in [2.75, 3.05) is 0 Å². The normalized spacial score (nSPS) is 12.0. The van der Waals surface area contributed by atoms with Crippen LogP contribution in [0.25, 0.3) is 84.1 Å². The standard InChI is InChI=1S/C38H22S2/c1-2-12-23(13-3-1)34-26-16-4-6-18-28(26)35(29-19-7-5-17-27(29)34)36-37-30(24-14-8-10-20-32(24)39-37)22-31-25-15-9-11-21-33(25)40-38(31)36/h1-22H. The van der Waals surface area contributed by atoms with Crippen LogP contribution < -0.4 is 0 Å². The minimum Gasteiger partial charge on any atom is -0.134 e. The van der Waals surface area contributed by atoms with Gasteiger partial charge in [-0.3, -0.25) is 0 Å². The second-order valence-corrected chi connectivity index (χ2v) is 12.5. The van der Waals surface area contributed by atoms with Crippen LogP contribution in [0.15, 0.2) is 133 Å². The molecule has 0 aliphatic carbocycles. The summed E-state index contributed by atoms with van der Waals surface area (Å²) in [6, 6.07) is 49.1. The molecule has 9 rings (SSSR count). The minimum atomic E-state index is 1.26. The van der Waals surface area contributed by atoms with Crippen molar-refractivity contribution in [2.45, 2.75) is 0 Å². The molecule has 0 saturated heterocycles. The maximum atomic E-state index is 2.45. The van der Waals surface area contributed by atoms with Crippen LogP contribution in [-0.2, 0) is 0 Å². The van der Waals surface area contributed by atoms with E-state index in [-0.39, 0.29) is 0 Å². The van der Waals surface area contributed by atoms with E-state index in [1.54, 1.807) is 0 Å². The zero-order valence-electron chi connectivity index (χ0n) is 21.5. The first-order valence-corrected chi connectivity index (χ1v) is 15.2. The maximum absolute atomic E-state index is 2.45. The molecule has 7 aromatic carbocycles. The van der Waals surface area contributed by atoms with E-state index in [9.17, 15) is 0 Å². The lowest BCUT2D eigenvalue weighted by atomic mass is 9.85. The molecule has 0 aliphatic heterocycles. The molecule has 2 heterocycles. The van der Waals surface area contributed by atoms with Gasteiger partial charge in [-0.05, 0) is 50.9 Å². The zero-order chi connectivity index (χ0) is 26.2. The summed E-state index contributed by atoms with van der Waals surface area (Å²) in [4.78, 5) is 0. The molecule has 0 fully saturated rings. The van der Waals surface area contributed by atoms with Crippen LogP contribution in [-0.4, -0.2) is 0 Å². The summed E-state index contributed by atoms with van der Waals surface area (Å²) >= 11 is 3.86. The third-order valence-electron chi connectivity index (χ3n) is 8.25. The van der Waals surface area contributed by atoms with Crippen LogP contribution in [0.4, 0.5) is 0 Å². The summed E-state index contributed by atoms with van der Waals surface area (Å²) in [5.74, 6) is 0. The van der Waals surface area contributed by atoms with Gasteiger partial charge in [0, 0.05) is 51.5 Å². The van der Waals surface area contributed by atoms with Gasteiger partial charge in [-0.2, -0.15) is 0 Å². The van der Waals surface area contributed by atoms with E-state index in [4.69, 9.17) is 0 Å². The fourth-order valence-electron chi connectivity index (χ4n) is 6.58. The number of hydrogen-bond acceptors (Lipinski definition) is 2. The Morgan fingerprint density at radius 1 is 0.300 bits per heavy atom. The Morgan fingerprint density at radius 2 is 0.700 bits per heavy atom. The molecule has 186 valence electrons. The molecule has 0 saturated carbocycles. The van der Waals surface area contributed by atoms with Gasteiger partial charge >= 0.3 is 0 Å². The Labute approximate surface area is 239 Å². The lowest BCUT2D eigenvalue weighted by Crippen LogP contribution is -1.91. The maximum Gasteiger partial charge on any atom is 0.0448 e. The van der Waals surface area contributed by atoms with E-state index in [1.165, 1.54) is 84.1 Å². The molecular weight excluding hydrogens is 521 g/mol. The number of thiophene rings is 2. The Kier molecular flexibility index (Phi) is 4.74. The van der Waals surface area contributed by atoms with Crippen LogP contribution in [0.2, 0.25) is 0 Å². The fourth-order valence-corrected chi connectivity index (χ4v) is 9.12. The van der Waals surface area contributed by atoms with Crippen molar-refractivity contribution in [3.63, 3.8) is 0 Å². The third kappa shape index (κ3) is 3.06. The Bertz CT molecular complexity index is 2280. The summed E-state index contributed by atoms with van der Waals surface area (Å²) in [6.45, 7) is 0. The van der Waals surface area contributed by atoms with E-state index < -0.39 is 0 Å². The van der Waals surface area contributed by atoms with Crippen LogP contribution in [0, 0.1) is 0 Å². The molecule has 0 aliphatic rings. The predicted molar refractivity (Wildman–Crippen MR) is 178 cm³/mol. The van der Waals surface area contributed by atoms with Crippen LogP contribution in [0.1, 0.15) is 0 Å². The molecule has 0 atom stereocenters. The highest BCUT2D eigenvalue weighted by atomic mass is 32.1. The average Bonchev–Trinajstić information content (AvgIpc) is 3.58. The van der Waals surface area contributed by atoms with Crippen LogP contribution in [0.5, 0.6) is 0 Å². The van der Waals surface area contributed by atoms with Crippen LogP contribution >= 0.6 is 22.7 Å². The molecule has 0 spiro atoms. The second-order valence-electron chi connectivity index (χ2n) is 10.4. The average molecular weight is 543 g/mol. The molecule has 0 N–H and O–H groups in total. The number of fused-ring (bicyclic) bond motifs is 8. The van der Waals surface area contributed by atoms with Crippen molar-refractivity contribution in [3.8, 4) is 22.3 Å². The zero-order valence-corrected chi connectivity index (χ0v) is 23.2. The van der Waals surface area contributed by atoms with E-state index in [0.29, 0.717) is 0 Å². The molecule has 9 aromatic rings. The van der Waals surface area contributed by atoms with Gasteiger partial charge in [0.2, 0.25) is 0 Å². The van der Waals surface area contributed by atoms with E-state index in [0.717, 1.165) is 0 Å². The Balaban J connectivity index is 1.57. The minimum absolute atomic E-state index is 1.26. The highest BCUT2D eigenvalue weighted by molar-refractivity contribution is 7.29. The highest BCUT2D eigenvalue weighted by Gasteiger charge is 2.23. The summed E-state index contributed by atoms with van der Waals surface area (Å²) < 4.78 is 5.44. The van der Waals surface area contributed by atoms with Gasteiger partial charge in [0.05, 0.1) is 0 Å². The van der Waals surface area contributed by atoms with Gasteiger partial charge in [0.1, 0.15) is 0 Å². The summed E-state index contributed by atoms with van der Waals surface area (Å²) in [6.07, 6.45) is 0. The molecule has 40 heavy (non-hydrogen) atoms. The third-order valence-corrected chi connectivity index (χ3v) is 10.7. The Morgan fingerprint density at radius 3 is 1.20 bits per heavy atom. The lowest BCUT2D eigenvalue weighted by Gasteiger charge is -2.18. The van der Waals surface area contributed by atoms with Crippen molar-refractivity contribution >= 4 is 84.6 Å². The van der Waals surface area contributed by atoms with Crippen molar-refractivity contribution in [2.24, 2.45) is 0 Å². The summed E-state index contributed by atoms with van der Waals surface area (Å²) in [7, 11) is 0. The second kappa shape index (κ2) is 8.50. The first kappa shape index (κ1) is 22.3. The SMILES string of the molecule is c1ccc(-c2c3ccccc3c(-c3c4sc5ccccc5c4cc4c3sc3ccccc34)c3ccccc23)cc1. The van der Waals surface area contributed by atoms with E-state index >= 15 is 0 Å². The lowest BCUT2D eigenvalue weighted by molar-refractivity contribution is 1.67. The van der Waals surface area contributed by atoms with Gasteiger partial charge in [-0.15, -0.1) is 22.7 Å². The van der Waals surface area contributed by atoms with Gasteiger partial charge in [-0.25, -0.2) is 0 Å². The Hall–Kier alpha value is -4.50.